The number of quaternary nitrogens is 1. The molecule has 0 aromatic rings. The third-order valence-electron chi connectivity index (χ3n) is 3.31. The molecule has 0 spiro atoms. The van der Waals surface area contributed by atoms with Gasteiger partial charge in [-0.1, -0.05) is 0 Å². The number of hydrogen-bond donors (Lipinski definition) is 2. The van der Waals surface area contributed by atoms with Crippen molar-refractivity contribution in [3.05, 3.63) is 0 Å². The van der Waals surface area contributed by atoms with Crippen molar-refractivity contribution in [1.29, 1.82) is 0 Å². The Labute approximate surface area is 85.3 Å². The van der Waals surface area contributed by atoms with Gasteiger partial charge in [0.05, 0.1) is 12.6 Å². The van der Waals surface area contributed by atoms with Crippen LogP contribution in [-0.2, 0) is 0 Å². The van der Waals surface area contributed by atoms with Crippen LogP contribution in [0, 0.1) is 0 Å². The smallest absolute Gasteiger partial charge is 0.435 e. The number of carboxylic acid groups (broad SMARTS) is 1. The first-order chi connectivity index (χ1) is 6.29. The molecule has 1 aliphatic heterocycles. The summed E-state index contributed by atoms with van der Waals surface area (Å²) in [6.07, 6.45) is 1.11. The molecule has 82 valence electrons. The Morgan fingerprint density at radius 2 is 2.07 bits per heavy atom. The molecule has 1 heterocycles. The number of nitrogens with two attached hydrogens (primary N) is 1. The van der Waals surface area contributed by atoms with Gasteiger partial charge in [0.1, 0.15) is 12.1 Å². The lowest BCUT2D eigenvalue weighted by Gasteiger charge is -2.47. The van der Waals surface area contributed by atoms with Crippen molar-refractivity contribution >= 4 is 6.09 Å². The predicted octanol–water partition coefficient (Wildman–Crippen LogP) is 1.40. The van der Waals surface area contributed by atoms with E-state index in [0.717, 1.165) is 12.8 Å². The van der Waals surface area contributed by atoms with Gasteiger partial charge in [-0.2, -0.15) is 4.79 Å². The quantitative estimate of drug-likeness (QED) is 0.582. The maximum Gasteiger partial charge on any atom is 0.514 e. The molecule has 4 nitrogen and oxygen atoms in total. The van der Waals surface area contributed by atoms with Crippen LogP contribution >= 0.6 is 0 Å². The SMILES string of the molecule is CC(C)(C)[N+]1(C(=O)O)CCC[C@@H](N)C1. The maximum atomic E-state index is 11.4. The van der Waals surface area contributed by atoms with Crippen LogP contribution in [0.1, 0.15) is 33.6 Å². The van der Waals surface area contributed by atoms with Crippen LogP contribution in [-0.4, -0.2) is 40.4 Å². The molecular weight excluding hydrogens is 180 g/mol. The molecule has 14 heavy (non-hydrogen) atoms. The minimum absolute atomic E-state index is 0.0269. The highest BCUT2D eigenvalue weighted by molar-refractivity contribution is 5.57. The average molecular weight is 201 g/mol. The zero-order chi connectivity index (χ0) is 11.0. The van der Waals surface area contributed by atoms with E-state index in [1.807, 2.05) is 20.8 Å². The van der Waals surface area contributed by atoms with E-state index in [0.29, 0.717) is 13.1 Å². The third-order valence-corrected chi connectivity index (χ3v) is 3.31. The fourth-order valence-electron chi connectivity index (χ4n) is 2.28. The van der Waals surface area contributed by atoms with Gasteiger partial charge in [-0.05, 0) is 33.6 Å². The molecular formula is C10H21N2O2+. The molecule has 1 amide bonds. The van der Waals surface area contributed by atoms with Crippen molar-refractivity contribution in [2.24, 2.45) is 5.73 Å². The summed E-state index contributed by atoms with van der Waals surface area (Å²) in [5.74, 6) is 0. The number of hydrogen-bond acceptors (Lipinski definition) is 2. The van der Waals surface area contributed by atoms with Gasteiger partial charge in [-0.3, -0.25) is 0 Å². The van der Waals surface area contributed by atoms with Crippen LogP contribution in [0.2, 0.25) is 0 Å². The van der Waals surface area contributed by atoms with Crippen molar-refractivity contribution in [3.8, 4) is 0 Å². The first kappa shape index (κ1) is 11.5. The molecule has 0 aromatic heterocycles. The van der Waals surface area contributed by atoms with Gasteiger partial charge in [0, 0.05) is 0 Å². The van der Waals surface area contributed by atoms with E-state index in [1.165, 1.54) is 0 Å². The Kier molecular flexibility index (Phi) is 2.88. The maximum absolute atomic E-state index is 11.4. The summed E-state index contributed by atoms with van der Waals surface area (Å²) in [5.41, 5.74) is 5.59. The second kappa shape index (κ2) is 3.51. The van der Waals surface area contributed by atoms with Crippen LogP contribution in [0.25, 0.3) is 0 Å². The third kappa shape index (κ3) is 1.77. The lowest BCUT2D eigenvalue weighted by molar-refractivity contribution is -0.908. The van der Waals surface area contributed by atoms with E-state index in [2.05, 4.69) is 0 Å². The van der Waals surface area contributed by atoms with Crippen LogP contribution < -0.4 is 5.73 Å². The van der Waals surface area contributed by atoms with Gasteiger partial charge in [0.2, 0.25) is 0 Å². The molecule has 1 rings (SSSR count). The minimum Gasteiger partial charge on any atom is -0.435 e. The largest absolute Gasteiger partial charge is 0.514 e. The fraction of sp³-hybridized carbons (Fsp3) is 0.900. The summed E-state index contributed by atoms with van der Waals surface area (Å²) in [5, 5.41) is 9.36. The molecule has 2 atom stereocenters. The summed E-state index contributed by atoms with van der Waals surface area (Å²) in [7, 11) is 0. The Morgan fingerprint density at radius 1 is 1.50 bits per heavy atom. The van der Waals surface area contributed by atoms with Crippen LogP contribution in [0.15, 0.2) is 0 Å². The van der Waals surface area contributed by atoms with E-state index < -0.39 is 6.09 Å². The predicted molar refractivity (Wildman–Crippen MR) is 55.0 cm³/mol. The summed E-state index contributed by atoms with van der Waals surface area (Å²) in [6, 6.07) is 0.0269. The first-order valence-electron chi connectivity index (χ1n) is 5.16. The van der Waals surface area contributed by atoms with Crippen molar-refractivity contribution in [2.75, 3.05) is 13.1 Å². The number of rotatable bonds is 0. The molecule has 0 bridgehead atoms. The highest BCUT2D eigenvalue weighted by Gasteiger charge is 2.50. The second-order valence-corrected chi connectivity index (χ2v) is 5.23. The fourth-order valence-corrected chi connectivity index (χ4v) is 2.28. The summed E-state index contributed by atoms with van der Waals surface area (Å²) in [6.45, 7) is 7.17. The van der Waals surface area contributed by atoms with E-state index in [9.17, 15) is 9.90 Å². The lowest BCUT2D eigenvalue weighted by Crippen LogP contribution is -2.68. The molecule has 0 aromatic carbocycles. The Morgan fingerprint density at radius 3 is 2.36 bits per heavy atom. The van der Waals surface area contributed by atoms with Gasteiger partial charge in [-0.25, -0.2) is 4.48 Å². The topological polar surface area (TPSA) is 63.3 Å². The van der Waals surface area contributed by atoms with Crippen LogP contribution in [0.3, 0.4) is 0 Å². The van der Waals surface area contributed by atoms with Gasteiger partial charge < -0.3 is 10.8 Å². The number of likely N-dealkylation sites (tertiary alicyclic amines) is 1. The highest BCUT2D eigenvalue weighted by atomic mass is 16.4. The van der Waals surface area contributed by atoms with Crippen LogP contribution in [0.4, 0.5) is 4.79 Å². The molecule has 1 fully saturated rings. The van der Waals surface area contributed by atoms with Gasteiger partial charge in [0.25, 0.3) is 0 Å². The Hall–Kier alpha value is -0.610. The molecule has 4 heteroatoms. The summed E-state index contributed by atoms with van der Waals surface area (Å²) < 4.78 is 0.105. The molecule has 0 saturated carbocycles. The molecule has 0 aliphatic carbocycles. The summed E-state index contributed by atoms with van der Waals surface area (Å²) >= 11 is 0. The number of amides is 1. The van der Waals surface area contributed by atoms with Gasteiger partial charge >= 0.3 is 6.09 Å². The van der Waals surface area contributed by atoms with Crippen molar-refractivity contribution in [3.63, 3.8) is 0 Å². The number of piperidine rings is 1. The zero-order valence-electron chi connectivity index (χ0n) is 9.29. The highest BCUT2D eigenvalue weighted by Crippen LogP contribution is 2.30. The second-order valence-electron chi connectivity index (χ2n) is 5.23. The van der Waals surface area contributed by atoms with Crippen molar-refractivity contribution < 1.29 is 14.4 Å². The molecule has 3 N–H and O–H groups in total. The van der Waals surface area contributed by atoms with E-state index in [1.54, 1.807) is 0 Å². The average Bonchev–Trinajstić information content (AvgIpc) is 2.01. The molecule has 1 saturated heterocycles. The van der Waals surface area contributed by atoms with Crippen LogP contribution in [0.5, 0.6) is 0 Å². The van der Waals surface area contributed by atoms with E-state index in [-0.39, 0.29) is 16.1 Å². The first-order valence-corrected chi connectivity index (χ1v) is 5.16. The molecule has 1 unspecified atom stereocenters. The van der Waals surface area contributed by atoms with Gasteiger partial charge in [0.15, 0.2) is 0 Å². The monoisotopic (exact) mass is 201 g/mol. The van der Waals surface area contributed by atoms with E-state index >= 15 is 0 Å². The molecule has 0 radical (unpaired) electrons. The molecule has 1 aliphatic rings. The summed E-state index contributed by atoms with van der Waals surface area (Å²) in [4.78, 5) is 11.4. The van der Waals surface area contributed by atoms with Crippen molar-refractivity contribution in [2.45, 2.75) is 45.2 Å². The Balaban J connectivity index is 2.98. The van der Waals surface area contributed by atoms with E-state index in [4.69, 9.17) is 5.73 Å². The number of nitrogens with zero attached hydrogens (tertiary/aromatic N) is 1. The lowest BCUT2D eigenvalue weighted by atomic mass is 9.94. The zero-order valence-corrected chi connectivity index (χ0v) is 9.29. The van der Waals surface area contributed by atoms with Crippen molar-refractivity contribution in [1.82, 2.24) is 0 Å². The standard InChI is InChI=1S/C10H20N2O2/c1-10(2,3)12(9(13)14)6-4-5-8(11)7-12/h8H,4-7,11H2,1-3H3/p+1/t8-,12?/m1/s1. The van der Waals surface area contributed by atoms with Gasteiger partial charge in [-0.15, -0.1) is 0 Å². The minimum atomic E-state index is -0.743. The Bertz CT molecular complexity index is 235. The normalized spacial score (nSPS) is 34.1. The number of carbonyl (C=O) groups is 1.